The van der Waals surface area contributed by atoms with E-state index in [1.54, 1.807) is 0 Å². The molecule has 2 N–H and O–H groups in total. The van der Waals surface area contributed by atoms with Crippen LogP contribution in [0.2, 0.25) is 0 Å². The maximum Gasteiger partial charge on any atom is 0.239 e. The Morgan fingerprint density at radius 3 is 2.80 bits per heavy atom. The van der Waals surface area contributed by atoms with Gasteiger partial charge in [-0.25, -0.2) is 0 Å². The average Bonchev–Trinajstić information content (AvgIpc) is 2.50. The summed E-state index contributed by atoms with van der Waals surface area (Å²) in [7, 11) is 0. The predicted molar refractivity (Wildman–Crippen MR) is 60.3 cm³/mol. The number of hydrogen-bond donors (Lipinski definition) is 1. The van der Waals surface area contributed by atoms with Crippen LogP contribution in [0, 0.1) is 11.8 Å². The lowest BCUT2D eigenvalue weighted by molar-refractivity contribution is -0.129. The van der Waals surface area contributed by atoms with Crippen molar-refractivity contribution in [3.63, 3.8) is 0 Å². The Labute approximate surface area is 92.0 Å². The molecule has 1 amide bonds. The van der Waals surface area contributed by atoms with Gasteiger partial charge in [0.2, 0.25) is 5.91 Å². The van der Waals surface area contributed by atoms with Crippen molar-refractivity contribution >= 4 is 5.91 Å². The van der Waals surface area contributed by atoms with Gasteiger partial charge in [0.1, 0.15) is 0 Å². The van der Waals surface area contributed by atoms with E-state index in [-0.39, 0.29) is 11.9 Å². The molecule has 0 radical (unpaired) electrons. The number of carbonyl (C=O) groups excluding carboxylic acids is 1. The van der Waals surface area contributed by atoms with Gasteiger partial charge in [0.05, 0.1) is 6.04 Å². The van der Waals surface area contributed by atoms with Gasteiger partial charge >= 0.3 is 0 Å². The number of nitrogens with two attached hydrogens (primary N) is 1. The van der Waals surface area contributed by atoms with Gasteiger partial charge in [-0.15, -0.1) is 0 Å². The van der Waals surface area contributed by atoms with Gasteiger partial charge in [0, 0.05) is 13.1 Å². The van der Waals surface area contributed by atoms with E-state index in [0.717, 1.165) is 31.3 Å². The van der Waals surface area contributed by atoms with Gasteiger partial charge in [0.25, 0.3) is 0 Å². The lowest BCUT2D eigenvalue weighted by atomic mass is 9.82. The lowest BCUT2D eigenvalue weighted by Gasteiger charge is -2.30. The number of amides is 1. The topological polar surface area (TPSA) is 46.3 Å². The number of carbonyl (C=O) groups is 1. The molecule has 3 nitrogen and oxygen atoms in total. The Morgan fingerprint density at radius 1 is 1.40 bits per heavy atom. The van der Waals surface area contributed by atoms with Gasteiger partial charge in [-0.1, -0.05) is 19.8 Å². The molecule has 0 aromatic heterocycles. The minimum absolute atomic E-state index is 0.174. The zero-order chi connectivity index (χ0) is 10.8. The highest BCUT2D eigenvalue weighted by molar-refractivity contribution is 5.83. The molecule has 0 bridgehead atoms. The molecule has 1 aliphatic carbocycles. The van der Waals surface area contributed by atoms with Crippen LogP contribution in [0.4, 0.5) is 0 Å². The van der Waals surface area contributed by atoms with Crippen molar-refractivity contribution in [2.24, 2.45) is 17.6 Å². The molecule has 1 saturated heterocycles. The molecule has 3 heteroatoms. The number of hydrogen-bond acceptors (Lipinski definition) is 2. The largest absolute Gasteiger partial charge is 0.341 e. The molecule has 3 atom stereocenters. The molecule has 1 saturated carbocycles. The normalized spacial score (nSPS) is 37.3. The van der Waals surface area contributed by atoms with Crippen molar-refractivity contribution in [1.82, 2.24) is 4.90 Å². The summed E-state index contributed by atoms with van der Waals surface area (Å²) in [6, 6.07) is -0.217. The molecule has 86 valence electrons. The predicted octanol–water partition coefficient (Wildman–Crippen LogP) is 1.37. The molecule has 1 heterocycles. The maximum atomic E-state index is 11.7. The Kier molecular flexibility index (Phi) is 3.29. The third-order valence-corrected chi connectivity index (χ3v) is 3.86. The van der Waals surface area contributed by atoms with Crippen molar-refractivity contribution in [2.75, 3.05) is 13.1 Å². The van der Waals surface area contributed by atoms with Gasteiger partial charge < -0.3 is 10.6 Å². The van der Waals surface area contributed by atoms with Crippen LogP contribution in [0.3, 0.4) is 0 Å². The zero-order valence-corrected chi connectivity index (χ0v) is 9.61. The molecule has 0 aromatic rings. The molecule has 0 spiro atoms. The van der Waals surface area contributed by atoms with Crippen molar-refractivity contribution in [3.05, 3.63) is 0 Å². The highest BCUT2D eigenvalue weighted by Gasteiger charge is 2.31. The second-order valence-electron chi connectivity index (χ2n) is 5.32. The lowest BCUT2D eigenvalue weighted by Crippen LogP contribution is -2.37. The van der Waals surface area contributed by atoms with Gasteiger partial charge in [-0.05, 0) is 31.1 Å². The maximum absolute atomic E-state index is 11.7. The SMILES string of the molecule is CC1CCCC(CN2CCC(N)C2=O)C1. The second kappa shape index (κ2) is 4.52. The van der Waals surface area contributed by atoms with Crippen LogP contribution in [-0.2, 0) is 4.79 Å². The van der Waals surface area contributed by atoms with E-state index >= 15 is 0 Å². The van der Waals surface area contributed by atoms with E-state index in [1.165, 1.54) is 25.7 Å². The summed E-state index contributed by atoms with van der Waals surface area (Å²) in [5.41, 5.74) is 5.71. The van der Waals surface area contributed by atoms with Crippen LogP contribution in [0.15, 0.2) is 0 Å². The first-order valence-electron chi connectivity index (χ1n) is 6.21. The molecule has 1 aliphatic heterocycles. The minimum Gasteiger partial charge on any atom is -0.341 e. The van der Waals surface area contributed by atoms with Gasteiger partial charge in [0.15, 0.2) is 0 Å². The van der Waals surface area contributed by atoms with E-state index in [1.807, 2.05) is 4.90 Å². The average molecular weight is 210 g/mol. The van der Waals surface area contributed by atoms with Crippen molar-refractivity contribution in [3.8, 4) is 0 Å². The monoisotopic (exact) mass is 210 g/mol. The molecule has 2 fully saturated rings. The van der Waals surface area contributed by atoms with E-state index in [9.17, 15) is 4.79 Å². The van der Waals surface area contributed by atoms with E-state index in [4.69, 9.17) is 5.73 Å². The summed E-state index contributed by atoms with van der Waals surface area (Å²) < 4.78 is 0. The fourth-order valence-corrected chi connectivity index (χ4v) is 2.98. The van der Waals surface area contributed by atoms with Crippen LogP contribution in [0.5, 0.6) is 0 Å². The first-order chi connectivity index (χ1) is 7.16. The standard InChI is InChI=1S/C12H22N2O/c1-9-3-2-4-10(7-9)8-14-6-5-11(13)12(14)15/h9-11H,2-8,13H2,1H3. The summed E-state index contributed by atoms with van der Waals surface area (Å²) in [5.74, 6) is 1.74. The molecular formula is C12H22N2O. The fourth-order valence-electron chi connectivity index (χ4n) is 2.98. The van der Waals surface area contributed by atoms with Gasteiger partial charge in [-0.3, -0.25) is 4.79 Å². The Hall–Kier alpha value is -0.570. The number of rotatable bonds is 2. The van der Waals surface area contributed by atoms with Crippen molar-refractivity contribution < 1.29 is 4.79 Å². The van der Waals surface area contributed by atoms with Crippen LogP contribution in [0.25, 0.3) is 0 Å². The summed E-state index contributed by atoms with van der Waals surface area (Å²) in [4.78, 5) is 13.6. The highest BCUT2D eigenvalue weighted by Crippen LogP contribution is 2.29. The molecule has 15 heavy (non-hydrogen) atoms. The molecule has 2 aliphatic rings. The quantitative estimate of drug-likeness (QED) is 0.748. The summed E-state index contributed by atoms with van der Waals surface area (Å²) in [6.07, 6.45) is 6.13. The minimum atomic E-state index is -0.217. The Balaban J connectivity index is 1.83. The third-order valence-electron chi connectivity index (χ3n) is 3.86. The van der Waals surface area contributed by atoms with Crippen LogP contribution < -0.4 is 5.73 Å². The molecule has 2 rings (SSSR count). The first-order valence-corrected chi connectivity index (χ1v) is 6.21. The van der Waals surface area contributed by atoms with Crippen LogP contribution in [-0.4, -0.2) is 29.9 Å². The fraction of sp³-hybridized carbons (Fsp3) is 0.917. The van der Waals surface area contributed by atoms with Crippen molar-refractivity contribution in [1.29, 1.82) is 0 Å². The second-order valence-corrected chi connectivity index (χ2v) is 5.32. The van der Waals surface area contributed by atoms with E-state index in [2.05, 4.69) is 6.92 Å². The van der Waals surface area contributed by atoms with Crippen LogP contribution in [0.1, 0.15) is 39.0 Å². The molecular weight excluding hydrogens is 188 g/mol. The van der Waals surface area contributed by atoms with Crippen molar-refractivity contribution in [2.45, 2.75) is 45.1 Å². The highest BCUT2D eigenvalue weighted by atomic mass is 16.2. The number of nitrogens with zero attached hydrogens (tertiary/aromatic N) is 1. The molecule has 0 aromatic carbocycles. The summed E-state index contributed by atoms with van der Waals surface area (Å²) in [5, 5.41) is 0. The summed E-state index contributed by atoms with van der Waals surface area (Å²) >= 11 is 0. The Morgan fingerprint density at radius 2 is 2.20 bits per heavy atom. The van der Waals surface area contributed by atoms with Crippen LogP contribution >= 0.6 is 0 Å². The zero-order valence-electron chi connectivity index (χ0n) is 9.61. The number of likely N-dealkylation sites (tertiary alicyclic amines) is 1. The summed E-state index contributed by atoms with van der Waals surface area (Å²) in [6.45, 7) is 4.16. The third kappa shape index (κ3) is 2.51. The first kappa shape index (κ1) is 10.9. The van der Waals surface area contributed by atoms with Gasteiger partial charge in [-0.2, -0.15) is 0 Å². The Bertz CT molecular complexity index is 242. The van der Waals surface area contributed by atoms with E-state index in [0.29, 0.717) is 0 Å². The molecule has 3 unspecified atom stereocenters. The van der Waals surface area contributed by atoms with E-state index < -0.39 is 0 Å². The smallest absolute Gasteiger partial charge is 0.239 e.